The Balaban J connectivity index is 2.71. The molecule has 0 amide bonds. The highest BCUT2D eigenvalue weighted by Crippen LogP contribution is 2.23. The van der Waals surface area contributed by atoms with Crippen molar-refractivity contribution in [1.29, 1.82) is 0 Å². The van der Waals surface area contributed by atoms with Crippen LogP contribution in [0.2, 0.25) is 0 Å². The molecule has 0 radical (unpaired) electrons. The summed E-state index contributed by atoms with van der Waals surface area (Å²) in [5.41, 5.74) is 0.494. The van der Waals surface area contributed by atoms with Gasteiger partial charge in [0.15, 0.2) is 0 Å². The fourth-order valence-electron chi connectivity index (χ4n) is 1.98. The molecule has 1 atom stereocenters. The number of hydrogen-bond donors (Lipinski definition) is 1. The van der Waals surface area contributed by atoms with E-state index in [-0.39, 0.29) is 0 Å². The Morgan fingerprint density at radius 2 is 2.06 bits per heavy atom. The number of nitrogens with zero attached hydrogens (tertiary/aromatic N) is 1. The molecule has 1 unspecified atom stereocenters. The molecule has 0 aromatic heterocycles. The van der Waals surface area contributed by atoms with Crippen LogP contribution < -0.4 is 4.74 Å². The number of benzene rings is 1. The summed E-state index contributed by atoms with van der Waals surface area (Å²) in [6.45, 7) is 2.93. The molecule has 3 nitrogen and oxygen atoms in total. The minimum atomic E-state index is -0.628. The Kier molecular flexibility index (Phi) is 5.63. The first-order valence-electron chi connectivity index (χ1n) is 6.49. The zero-order chi connectivity index (χ0) is 13.6. The molecule has 0 aliphatic carbocycles. The van der Waals surface area contributed by atoms with Crippen LogP contribution in [0.15, 0.2) is 24.3 Å². The first-order chi connectivity index (χ1) is 8.49. The van der Waals surface area contributed by atoms with Gasteiger partial charge in [0.2, 0.25) is 0 Å². The first-order valence-corrected chi connectivity index (χ1v) is 6.49. The summed E-state index contributed by atoms with van der Waals surface area (Å²) in [6, 6.07) is 7.93. The number of methoxy groups -OCH3 is 1. The molecule has 0 fully saturated rings. The molecule has 0 aliphatic heterocycles. The molecular weight excluding hydrogens is 226 g/mol. The van der Waals surface area contributed by atoms with Crippen LogP contribution in [0.4, 0.5) is 0 Å². The molecule has 0 saturated heterocycles. The van der Waals surface area contributed by atoms with E-state index in [1.54, 1.807) is 7.11 Å². The Morgan fingerprint density at radius 3 is 2.61 bits per heavy atom. The molecule has 1 aromatic carbocycles. The van der Waals surface area contributed by atoms with Gasteiger partial charge in [-0.25, -0.2) is 0 Å². The van der Waals surface area contributed by atoms with Crippen LogP contribution >= 0.6 is 0 Å². The lowest BCUT2D eigenvalue weighted by Gasteiger charge is -2.28. The fourth-order valence-corrected chi connectivity index (χ4v) is 1.98. The summed E-state index contributed by atoms with van der Waals surface area (Å²) in [4.78, 5) is 2.10. The second-order valence-corrected chi connectivity index (χ2v) is 5.16. The van der Waals surface area contributed by atoms with Crippen LogP contribution in [0.5, 0.6) is 5.75 Å². The van der Waals surface area contributed by atoms with E-state index in [4.69, 9.17) is 4.74 Å². The van der Waals surface area contributed by atoms with Gasteiger partial charge in [0.25, 0.3) is 0 Å². The van der Waals surface area contributed by atoms with Crippen LogP contribution in [-0.2, 0) is 6.42 Å². The van der Waals surface area contributed by atoms with Crippen LogP contribution in [0.3, 0.4) is 0 Å². The van der Waals surface area contributed by atoms with Crippen molar-refractivity contribution < 1.29 is 9.84 Å². The largest absolute Gasteiger partial charge is 0.497 e. The zero-order valence-corrected chi connectivity index (χ0v) is 11.9. The standard InChI is InChI=1S/C15H25NO2/c1-5-15(17,9-10-16(2)3)12-13-7-6-8-14(11-13)18-4/h6-8,11,17H,5,9-10,12H2,1-4H3. The van der Waals surface area contributed by atoms with Crippen molar-refractivity contribution >= 4 is 0 Å². The second kappa shape index (κ2) is 6.76. The van der Waals surface area contributed by atoms with Gasteiger partial charge >= 0.3 is 0 Å². The summed E-state index contributed by atoms with van der Waals surface area (Å²) in [5.74, 6) is 0.846. The maximum Gasteiger partial charge on any atom is 0.119 e. The Bertz CT molecular complexity index is 365. The maximum absolute atomic E-state index is 10.6. The van der Waals surface area contributed by atoms with Crippen LogP contribution in [0.1, 0.15) is 25.3 Å². The molecule has 1 aromatic rings. The second-order valence-electron chi connectivity index (χ2n) is 5.16. The number of aliphatic hydroxyl groups is 1. The predicted octanol–water partition coefficient (Wildman–Crippen LogP) is 2.33. The summed E-state index contributed by atoms with van der Waals surface area (Å²) < 4.78 is 5.21. The molecule has 3 heteroatoms. The van der Waals surface area contributed by atoms with Gasteiger partial charge in [-0.05, 0) is 44.6 Å². The highest BCUT2D eigenvalue weighted by Gasteiger charge is 2.25. The van der Waals surface area contributed by atoms with Crippen molar-refractivity contribution in [3.05, 3.63) is 29.8 Å². The highest BCUT2D eigenvalue weighted by atomic mass is 16.5. The van der Waals surface area contributed by atoms with Crippen molar-refractivity contribution in [3.63, 3.8) is 0 Å². The van der Waals surface area contributed by atoms with E-state index in [9.17, 15) is 5.11 Å². The summed E-state index contributed by atoms with van der Waals surface area (Å²) in [6.07, 6.45) is 2.22. The Morgan fingerprint density at radius 1 is 1.33 bits per heavy atom. The number of ether oxygens (including phenoxy) is 1. The average Bonchev–Trinajstić information content (AvgIpc) is 2.36. The normalized spacial score (nSPS) is 14.6. The van der Waals surface area contributed by atoms with E-state index in [1.165, 1.54) is 0 Å². The van der Waals surface area contributed by atoms with E-state index in [2.05, 4.69) is 4.90 Å². The van der Waals surface area contributed by atoms with E-state index < -0.39 is 5.60 Å². The minimum Gasteiger partial charge on any atom is -0.497 e. The minimum absolute atomic E-state index is 0.628. The first kappa shape index (κ1) is 15.0. The van der Waals surface area contributed by atoms with Gasteiger partial charge < -0.3 is 14.7 Å². The smallest absolute Gasteiger partial charge is 0.119 e. The molecule has 0 aliphatic rings. The van der Waals surface area contributed by atoms with Gasteiger partial charge in [0.05, 0.1) is 12.7 Å². The molecule has 0 spiro atoms. The fraction of sp³-hybridized carbons (Fsp3) is 0.600. The van der Waals surface area contributed by atoms with Crippen molar-refractivity contribution in [2.75, 3.05) is 27.7 Å². The van der Waals surface area contributed by atoms with Gasteiger partial charge in [-0.3, -0.25) is 0 Å². The van der Waals surface area contributed by atoms with E-state index in [0.29, 0.717) is 6.42 Å². The zero-order valence-electron chi connectivity index (χ0n) is 11.9. The molecule has 1 N–H and O–H groups in total. The van der Waals surface area contributed by atoms with Gasteiger partial charge in [-0.1, -0.05) is 19.1 Å². The van der Waals surface area contributed by atoms with Gasteiger partial charge in [-0.2, -0.15) is 0 Å². The molecule has 18 heavy (non-hydrogen) atoms. The van der Waals surface area contributed by atoms with Crippen molar-refractivity contribution in [3.8, 4) is 5.75 Å². The summed E-state index contributed by atoms with van der Waals surface area (Å²) in [5, 5.41) is 10.6. The van der Waals surface area contributed by atoms with Crippen LogP contribution in [-0.4, -0.2) is 43.4 Å². The maximum atomic E-state index is 10.6. The topological polar surface area (TPSA) is 32.7 Å². The van der Waals surface area contributed by atoms with Crippen LogP contribution in [0.25, 0.3) is 0 Å². The van der Waals surface area contributed by atoms with Crippen molar-refractivity contribution in [1.82, 2.24) is 4.90 Å². The lowest BCUT2D eigenvalue weighted by atomic mass is 9.88. The lowest BCUT2D eigenvalue weighted by molar-refractivity contribution is 0.0216. The number of hydrogen-bond acceptors (Lipinski definition) is 3. The van der Waals surface area contributed by atoms with E-state index in [1.807, 2.05) is 45.3 Å². The monoisotopic (exact) mass is 251 g/mol. The quantitative estimate of drug-likeness (QED) is 0.807. The summed E-state index contributed by atoms with van der Waals surface area (Å²) in [7, 11) is 5.72. The van der Waals surface area contributed by atoms with Gasteiger partial charge in [0, 0.05) is 13.0 Å². The third kappa shape index (κ3) is 4.67. The molecule has 0 bridgehead atoms. The summed E-state index contributed by atoms with van der Waals surface area (Å²) >= 11 is 0. The number of rotatable bonds is 7. The van der Waals surface area contributed by atoms with E-state index in [0.717, 1.165) is 30.7 Å². The van der Waals surface area contributed by atoms with E-state index >= 15 is 0 Å². The Hall–Kier alpha value is -1.06. The van der Waals surface area contributed by atoms with Gasteiger partial charge in [0.1, 0.15) is 5.75 Å². The lowest BCUT2D eigenvalue weighted by Crippen LogP contribution is -2.34. The SMILES string of the molecule is CCC(O)(CCN(C)C)Cc1cccc(OC)c1. The van der Waals surface area contributed by atoms with Crippen molar-refractivity contribution in [2.24, 2.45) is 0 Å². The van der Waals surface area contributed by atoms with Crippen LogP contribution in [0, 0.1) is 0 Å². The highest BCUT2D eigenvalue weighted by molar-refractivity contribution is 5.29. The predicted molar refractivity (Wildman–Crippen MR) is 75.1 cm³/mol. The van der Waals surface area contributed by atoms with Crippen molar-refractivity contribution in [2.45, 2.75) is 31.8 Å². The average molecular weight is 251 g/mol. The molecule has 102 valence electrons. The molecule has 1 rings (SSSR count). The third-order valence-corrected chi connectivity index (χ3v) is 3.35. The molecule has 0 heterocycles. The van der Waals surface area contributed by atoms with Gasteiger partial charge in [-0.15, -0.1) is 0 Å². The molecular formula is C15H25NO2. The third-order valence-electron chi connectivity index (χ3n) is 3.35. The Labute approximate surface area is 110 Å². The molecule has 0 saturated carbocycles.